The normalized spacial score (nSPS) is 22.0. The zero-order chi connectivity index (χ0) is 97.1. The van der Waals surface area contributed by atoms with Gasteiger partial charge in [0.2, 0.25) is 0 Å². The largest absolute Gasteiger partial charge is 0.488 e. The van der Waals surface area contributed by atoms with Crippen LogP contribution in [0.2, 0.25) is 35.2 Å². The van der Waals surface area contributed by atoms with Crippen molar-refractivity contribution in [2.24, 2.45) is 69.5 Å². The first-order valence-electron chi connectivity index (χ1n) is 49.3. The van der Waals surface area contributed by atoms with E-state index in [9.17, 15) is 28.0 Å². The van der Waals surface area contributed by atoms with Gasteiger partial charge < -0.3 is 26.0 Å². The van der Waals surface area contributed by atoms with Crippen molar-refractivity contribution >= 4 is 137 Å². The molecule has 4 amide bonds. The molecule has 0 radical (unpaired) electrons. The molecular weight excluding hydrogens is 2030 g/mol. The van der Waals surface area contributed by atoms with Gasteiger partial charge in [0.15, 0.2) is 28.6 Å². The van der Waals surface area contributed by atoms with Crippen LogP contribution in [0.15, 0.2) is 155 Å². The van der Waals surface area contributed by atoms with Crippen LogP contribution in [-0.2, 0) is 45.1 Å². The van der Waals surface area contributed by atoms with Gasteiger partial charge in [-0.25, -0.2) is 27.5 Å². The molecule has 10 saturated carbocycles. The van der Waals surface area contributed by atoms with Crippen molar-refractivity contribution in [2.75, 3.05) is 19.6 Å². The average molecular weight is 2140 g/mol. The third kappa shape index (κ3) is 18.9. The molecule has 9 unspecified atom stereocenters. The molecule has 4 N–H and O–H groups in total. The summed E-state index contributed by atoms with van der Waals surface area (Å²) in [6.07, 6.45) is 24.6. The fourth-order valence-corrected chi connectivity index (χ4v) is 27.7. The molecule has 10 fully saturated rings. The quantitative estimate of drug-likeness (QED) is 0.0772. The SMILES string of the molecule is CC1(C)C2CCC(CNC(=O)c3nn(-c4ccc(Cl)cc4Cl)c4c3CCCc3cc(Br)ccc3-4)C1C2.CC1(C)C2CCC(CNC(=O)c3nn(-c4ccc(Cl)cc4Cl)c4c3CCCc3cc(Cl)ccc3-4)C1C2.Cc1ccc2c(c1)CCCc1c(C(=O)NCC3CCC4CC3C4(C)C)nn(-c3ccc(Cl)cc3Cl)c1-2.O=C(NC1CCCCC1)c1nn(-c2ccc(F)cc2F)c2c1COc1cc(Br)ccc1-2. The molecule has 0 saturated heterocycles. The van der Waals surface area contributed by atoms with Gasteiger partial charge in [-0.3, -0.25) is 19.2 Å². The summed E-state index contributed by atoms with van der Waals surface area (Å²) in [5.74, 6) is 4.86. The first kappa shape index (κ1) is 97.6. The highest BCUT2D eigenvalue weighted by atomic mass is 79.9. The first-order chi connectivity index (χ1) is 66.7. The number of amides is 4. The average Bonchev–Trinajstić information content (AvgIpc) is 1.73. The molecule has 17 nitrogen and oxygen atoms in total. The van der Waals surface area contributed by atoms with Crippen molar-refractivity contribution in [3.05, 3.63) is 269 Å². The summed E-state index contributed by atoms with van der Waals surface area (Å²) in [7, 11) is 0. The van der Waals surface area contributed by atoms with E-state index in [1.807, 2.05) is 86.8 Å². The van der Waals surface area contributed by atoms with Crippen LogP contribution in [0.4, 0.5) is 8.78 Å². The zero-order valence-corrected chi connectivity index (χ0v) is 87.5. The summed E-state index contributed by atoms with van der Waals surface area (Å²) < 4.78 is 42.9. The number of carbonyl (C=O) groups is 4. The third-order valence-electron chi connectivity index (χ3n) is 33.2. The predicted octanol–water partition coefficient (Wildman–Crippen LogP) is 28.7. The molecule has 26 rings (SSSR count). The molecule has 14 aliphatic rings. The lowest BCUT2D eigenvalue weighted by atomic mass is 9.45. The molecule has 5 heterocycles. The van der Waals surface area contributed by atoms with Gasteiger partial charge in [-0.2, -0.15) is 20.4 Å². The number of aryl methyl sites for hydroxylation is 4. The zero-order valence-electron chi connectivity index (χ0n) is 79.0. The van der Waals surface area contributed by atoms with Crippen LogP contribution in [0.5, 0.6) is 5.75 Å². The summed E-state index contributed by atoms with van der Waals surface area (Å²) in [4.78, 5) is 54.1. The monoisotopic (exact) mass is 2130 g/mol. The number of rotatable bonds is 15. The minimum atomic E-state index is -0.755. The Morgan fingerprint density at radius 1 is 0.388 bits per heavy atom. The minimum absolute atomic E-state index is 0.0742. The Bertz CT molecular complexity index is 6380. The van der Waals surface area contributed by atoms with E-state index >= 15 is 0 Å². The fourth-order valence-electron chi connectivity index (χ4n) is 25.3. The van der Waals surface area contributed by atoms with E-state index in [-0.39, 0.29) is 47.7 Å². The van der Waals surface area contributed by atoms with Crippen LogP contribution in [-0.4, -0.2) is 88.4 Å². The van der Waals surface area contributed by atoms with Crippen molar-refractivity contribution < 1.29 is 32.7 Å². The van der Waals surface area contributed by atoms with E-state index in [0.29, 0.717) is 145 Å². The van der Waals surface area contributed by atoms with Gasteiger partial charge in [0.1, 0.15) is 23.9 Å². The summed E-state index contributed by atoms with van der Waals surface area (Å²) in [5.41, 5.74) is 21.0. The molecule has 28 heteroatoms. The highest BCUT2D eigenvalue weighted by Gasteiger charge is 2.57. The predicted molar refractivity (Wildman–Crippen MR) is 557 cm³/mol. The second-order valence-corrected chi connectivity index (χ2v) is 46.8. The Morgan fingerprint density at radius 2 is 0.755 bits per heavy atom. The molecule has 8 aromatic carbocycles. The van der Waals surface area contributed by atoms with Crippen LogP contribution in [0, 0.1) is 88.1 Å². The number of fused-ring (bicyclic) bond motifs is 18. The molecular formula is C111H113Br2Cl7F2N12O5. The van der Waals surface area contributed by atoms with E-state index < -0.39 is 11.6 Å². The van der Waals surface area contributed by atoms with Crippen molar-refractivity contribution in [3.63, 3.8) is 0 Å². The molecule has 1 aliphatic heterocycles. The number of aromatic nitrogens is 8. The highest BCUT2D eigenvalue weighted by Crippen LogP contribution is 2.64. The van der Waals surface area contributed by atoms with Crippen LogP contribution >= 0.6 is 113 Å². The summed E-state index contributed by atoms with van der Waals surface area (Å²) >= 11 is 51.9. The second-order valence-electron chi connectivity index (χ2n) is 42.0. The number of nitrogens with zero attached hydrogens (tertiary/aromatic N) is 8. The summed E-state index contributed by atoms with van der Waals surface area (Å²) in [6.45, 7) is 18.8. The topological polar surface area (TPSA) is 197 Å². The minimum Gasteiger partial charge on any atom is -0.488 e. The number of ether oxygens (including phenoxy) is 1. The summed E-state index contributed by atoms with van der Waals surface area (Å²) in [5, 5.41) is 36.0. The maximum atomic E-state index is 14.7. The number of nitrogens with one attached hydrogen (secondary N) is 4. The van der Waals surface area contributed by atoms with Gasteiger partial charge in [-0.05, 0) is 331 Å². The van der Waals surface area contributed by atoms with E-state index in [2.05, 4.69) is 137 Å². The maximum absolute atomic E-state index is 14.7. The van der Waals surface area contributed by atoms with Crippen molar-refractivity contribution in [2.45, 2.75) is 209 Å². The van der Waals surface area contributed by atoms with Crippen molar-refractivity contribution in [3.8, 4) is 73.5 Å². The van der Waals surface area contributed by atoms with Crippen LogP contribution in [0.3, 0.4) is 0 Å². The first-order valence-corrected chi connectivity index (χ1v) is 53.5. The maximum Gasteiger partial charge on any atom is 0.272 e. The van der Waals surface area contributed by atoms with Gasteiger partial charge in [0.25, 0.3) is 23.6 Å². The summed E-state index contributed by atoms with van der Waals surface area (Å²) in [6, 6.07) is 44.0. The van der Waals surface area contributed by atoms with Crippen molar-refractivity contribution in [1.29, 1.82) is 0 Å². The second kappa shape index (κ2) is 39.7. The lowest BCUT2D eigenvalue weighted by Gasteiger charge is -2.60. The Labute approximate surface area is 862 Å². The molecule has 724 valence electrons. The number of benzene rings is 8. The number of carbonyl (C=O) groups excluding carboxylic acids is 4. The van der Waals surface area contributed by atoms with Gasteiger partial charge in [-0.1, -0.05) is 210 Å². The third-order valence-corrected chi connectivity index (χ3v) is 36.0. The molecule has 9 atom stereocenters. The van der Waals surface area contributed by atoms with Gasteiger partial charge in [-0.15, -0.1) is 0 Å². The van der Waals surface area contributed by atoms with E-state index in [1.54, 1.807) is 24.3 Å². The molecule has 6 bridgehead atoms. The van der Waals surface area contributed by atoms with E-state index in [1.165, 1.54) is 97.7 Å². The molecule has 0 spiro atoms. The highest BCUT2D eigenvalue weighted by molar-refractivity contribution is 9.10. The van der Waals surface area contributed by atoms with E-state index in [4.69, 9.17) is 101 Å². The van der Waals surface area contributed by atoms with Crippen molar-refractivity contribution in [1.82, 2.24) is 60.4 Å². The molecule has 4 aromatic heterocycles. The van der Waals surface area contributed by atoms with Gasteiger partial charge >= 0.3 is 0 Å². The van der Waals surface area contributed by atoms with Crippen LogP contribution < -0.4 is 26.0 Å². The van der Waals surface area contributed by atoms with E-state index in [0.717, 1.165) is 190 Å². The van der Waals surface area contributed by atoms with Crippen LogP contribution in [0.1, 0.15) is 237 Å². The standard InChI is InChI=1S/C30H33Cl2N3O.C29H30BrCl2N3O.C29H30Cl3N3O.C23H20BrF2N3O2/c1-17-7-11-22-18(13-17)5-4-6-23-27(34-35(28(22)23)26-12-10-21(31)15-25(26)32)29(36)33-16-19-8-9-20-14-24(19)30(20,2)3;2*1-29(2)18-7-6-17(23(29)13-18)15-33-28(36)26-22-5-3-4-16-12-19(30)8-10-21(16)27(22)35(34-26)25-11-9-20(31)14-24(25)32;24-13-6-8-16-20(10-13)31-12-17-21(23(30)27-15-4-2-1-3-5-15)28-29(22(16)17)19-9-7-14(25)11-18(19)26/h7,10-13,15,19-20,24H,4-6,8-9,14,16H2,1-3H3,(H,33,36);2*8-12,14,17-18,23H,3-7,13,15H2,1-2H3,(H,33,36);6-11,15H,1-5,12H2,(H,27,30). The Kier molecular flexibility index (Phi) is 27.9. The molecule has 12 aromatic rings. The molecule has 139 heavy (non-hydrogen) atoms. The Hall–Kier alpha value is -8.87. The lowest BCUT2D eigenvalue weighted by Crippen LogP contribution is -2.54. The molecule has 13 aliphatic carbocycles. The Balaban J connectivity index is 0.000000114. The number of hydrogen-bond acceptors (Lipinski definition) is 9. The smallest absolute Gasteiger partial charge is 0.272 e. The van der Waals surface area contributed by atoms with Gasteiger partial charge in [0, 0.05) is 105 Å². The Morgan fingerprint density at radius 3 is 1.18 bits per heavy atom. The fraction of sp³-hybridized carbons (Fsp3) is 0.423. The van der Waals surface area contributed by atoms with Crippen LogP contribution in [0.25, 0.3) is 67.8 Å². The number of hydrogen-bond donors (Lipinski definition) is 4. The van der Waals surface area contributed by atoms with Gasteiger partial charge in [0.05, 0.1) is 54.9 Å². The lowest BCUT2D eigenvalue weighted by molar-refractivity contribution is -0.103. The number of halogens is 11.